The van der Waals surface area contributed by atoms with Gasteiger partial charge in [-0.1, -0.05) is 37.3 Å². The Morgan fingerprint density at radius 3 is 2.39 bits per heavy atom. The standard InChI is InChI=1S/C12H15F3N2O/c1-9(10-5-3-2-4-6-10)7-16-11(18)17-8-12(13,14)15/h2-6,9H,7-8H2,1H3,(H2,16,17,18). The summed E-state index contributed by atoms with van der Waals surface area (Å²) < 4.78 is 35.5. The summed E-state index contributed by atoms with van der Waals surface area (Å²) in [5.41, 5.74) is 1.02. The van der Waals surface area contributed by atoms with Gasteiger partial charge in [-0.2, -0.15) is 13.2 Å². The molecule has 2 amide bonds. The third kappa shape index (κ3) is 5.56. The lowest BCUT2D eigenvalue weighted by Gasteiger charge is -2.14. The highest BCUT2D eigenvalue weighted by Crippen LogP contribution is 2.13. The first-order valence-corrected chi connectivity index (χ1v) is 5.52. The summed E-state index contributed by atoms with van der Waals surface area (Å²) in [5, 5.41) is 4.16. The van der Waals surface area contributed by atoms with E-state index in [4.69, 9.17) is 0 Å². The molecule has 18 heavy (non-hydrogen) atoms. The molecule has 0 saturated heterocycles. The number of urea groups is 1. The van der Waals surface area contributed by atoms with Crippen molar-refractivity contribution in [2.45, 2.75) is 19.0 Å². The number of hydrogen-bond donors (Lipinski definition) is 2. The first-order chi connectivity index (χ1) is 8.38. The number of alkyl halides is 3. The normalized spacial score (nSPS) is 12.9. The molecule has 0 aliphatic heterocycles. The van der Waals surface area contributed by atoms with Gasteiger partial charge < -0.3 is 10.6 Å². The molecule has 0 radical (unpaired) electrons. The number of rotatable bonds is 4. The lowest BCUT2D eigenvalue weighted by molar-refractivity contribution is -0.122. The van der Waals surface area contributed by atoms with Gasteiger partial charge in [0.05, 0.1) is 0 Å². The Kier molecular flexibility index (Phi) is 5.00. The molecular formula is C12H15F3N2O. The Balaban J connectivity index is 2.31. The van der Waals surface area contributed by atoms with Gasteiger partial charge in [0, 0.05) is 6.54 Å². The minimum atomic E-state index is -4.39. The van der Waals surface area contributed by atoms with Crippen molar-refractivity contribution < 1.29 is 18.0 Å². The monoisotopic (exact) mass is 260 g/mol. The smallest absolute Gasteiger partial charge is 0.338 e. The number of benzene rings is 1. The van der Waals surface area contributed by atoms with Gasteiger partial charge in [-0.25, -0.2) is 4.79 Å². The van der Waals surface area contributed by atoms with E-state index in [0.29, 0.717) is 0 Å². The number of carbonyl (C=O) groups is 1. The van der Waals surface area contributed by atoms with Crippen molar-refractivity contribution in [3.63, 3.8) is 0 Å². The van der Waals surface area contributed by atoms with Gasteiger partial charge in [0.2, 0.25) is 0 Å². The van der Waals surface area contributed by atoms with Crippen LogP contribution < -0.4 is 10.6 Å². The highest BCUT2D eigenvalue weighted by Gasteiger charge is 2.27. The molecule has 6 heteroatoms. The minimum Gasteiger partial charge on any atom is -0.338 e. The van der Waals surface area contributed by atoms with Crippen LogP contribution in [-0.2, 0) is 0 Å². The molecule has 0 bridgehead atoms. The molecule has 1 unspecified atom stereocenters. The van der Waals surface area contributed by atoms with Crippen molar-refractivity contribution in [3.05, 3.63) is 35.9 Å². The Bertz CT molecular complexity index is 379. The molecule has 0 heterocycles. The van der Waals surface area contributed by atoms with Crippen molar-refractivity contribution in [1.29, 1.82) is 0 Å². The molecule has 0 fully saturated rings. The second-order valence-corrected chi connectivity index (χ2v) is 3.99. The fraction of sp³-hybridized carbons (Fsp3) is 0.417. The van der Waals surface area contributed by atoms with Crippen LogP contribution in [0.2, 0.25) is 0 Å². The SMILES string of the molecule is CC(CNC(=O)NCC(F)(F)F)c1ccccc1. The zero-order valence-electron chi connectivity index (χ0n) is 9.92. The minimum absolute atomic E-state index is 0.0443. The van der Waals surface area contributed by atoms with Gasteiger partial charge in [0.1, 0.15) is 6.54 Å². The van der Waals surface area contributed by atoms with E-state index in [0.717, 1.165) is 5.56 Å². The van der Waals surface area contributed by atoms with Gasteiger partial charge in [-0.3, -0.25) is 0 Å². The fourth-order valence-electron chi connectivity index (χ4n) is 1.39. The Morgan fingerprint density at radius 1 is 1.22 bits per heavy atom. The Hall–Kier alpha value is -1.72. The molecule has 0 saturated carbocycles. The van der Waals surface area contributed by atoms with Crippen LogP contribution >= 0.6 is 0 Å². The molecule has 1 aromatic carbocycles. The third-order valence-electron chi connectivity index (χ3n) is 2.39. The molecule has 1 aromatic rings. The van der Waals surface area contributed by atoms with Gasteiger partial charge in [0.15, 0.2) is 0 Å². The maximum atomic E-state index is 11.8. The molecule has 0 spiro atoms. The van der Waals surface area contributed by atoms with E-state index in [1.807, 2.05) is 37.3 Å². The number of nitrogens with one attached hydrogen (secondary N) is 2. The quantitative estimate of drug-likeness (QED) is 0.858. The van der Waals surface area contributed by atoms with Crippen molar-refractivity contribution in [3.8, 4) is 0 Å². The molecular weight excluding hydrogens is 245 g/mol. The van der Waals surface area contributed by atoms with Gasteiger partial charge >= 0.3 is 12.2 Å². The maximum Gasteiger partial charge on any atom is 0.405 e. The number of halogens is 3. The van der Waals surface area contributed by atoms with Crippen LogP contribution in [0.25, 0.3) is 0 Å². The summed E-state index contributed by atoms with van der Waals surface area (Å²) in [7, 11) is 0. The summed E-state index contributed by atoms with van der Waals surface area (Å²) >= 11 is 0. The van der Waals surface area contributed by atoms with Crippen molar-refractivity contribution in [2.75, 3.05) is 13.1 Å². The second kappa shape index (κ2) is 6.28. The van der Waals surface area contributed by atoms with Crippen LogP contribution in [0.4, 0.5) is 18.0 Å². The van der Waals surface area contributed by atoms with Crippen LogP contribution in [0, 0.1) is 0 Å². The first-order valence-electron chi connectivity index (χ1n) is 5.52. The van der Waals surface area contributed by atoms with Crippen molar-refractivity contribution in [2.24, 2.45) is 0 Å². The van der Waals surface area contributed by atoms with E-state index in [2.05, 4.69) is 5.32 Å². The first kappa shape index (κ1) is 14.3. The van der Waals surface area contributed by atoms with E-state index in [-0.39, 0.29) is 12.5 Å². The summed E-state index contributed by atoms with van der Waals surface area (Å²) in [5.74, 6) is 0.0443. The van der Waals surface area contributed by atoms with E-state index >= 15 is 0 Å². The van der Waals surface area contributed by atoms with Gasteiger partial charge in [-0.05, 0) is 11.5 Å². The summed E-state index contributed by atoms with van der Waals surface area (Å²) in [6, 6.07) is 8.61. The second-order valence-electron chi connectivity index (χ2n) is 3.99. The Labute approximate surface area is 103 Å². The van der Waals surface area contributed by atoms with Crippen LogP contribution in [0.5, 0.6) is 0 Å². The van der Waals surface area contributed by atoms with E-state index < -0.39 is 18.8 Å². The number of amides is 2. The zero-order chi connectivity index (χ0) is 13.6. The predicted octanol–water partition coefficient (Wildman–Crippen LogP) is 2.65. The van der Waals surface area contributed by atoms with Gasteiger partial charge in [0.25, 0.3) is 0 Å². The van der Waals surface area contributed by atoms with Crippen LogP contribution in [-0.4, -0.2) is 25.3 Å². The molecule has 100 valence electrons. The van der Waals surface area contributed by atoms with E-state index in [1.165, 1.54) is 0 Å². The average Bonchev–Trinajstić information content (AvgIpc) is 2.33. The van der Waals surface area contributed by atoms with Gasteiger partial charge in [-0.15, -0.1) is 0 Å². The topological polar surface area (TPSA) is 41.1 Å². The fourth-order valence-corrected chi connectivity index (χ4v) is 1.39. The highest BCUT2D eigenvalue weighted by atomic mass is 19.4. The predicted molar refractivity (Wildman–Crippen MR) is 62.3 cm³/mol. The molecule has 2 N–H and O–H groups in total. The molecule has 0 aliphatic carbocycles. The van der Waals surface area contributed by atoms with Crippen LogP contribution in [0.1, 0.15) is 18.4 Å². The number of hydrogen-bond acceptors (Lipinski definition) is 1. The largest absolute Gasteiger partial charge is 0.405 e. The Morgan fingerprint density at radius 2 is 1.83 bits per heavy atom. The molecule has 0 aliphatic rings. The molecule has 3 nitrogen and oxygen atoms in total. The van der Waals surface area contributed by atoms with E-state index in [1.54, 1.807) is 5.32 Å². The molecule has 1 rings (SSSR count). The highest BCUT2D eigenvalue weighted by molar-refractivity contribution is 5.73. The number of carbonyl (C=O) groups excluding carboxylic acids is 1. The molecule has 1 atom stereocenters. The van der Waals surface area contributed by atoms with Crippen molar-refractivity contribution in [1.82, 2.24) is 10.6 Å². The average molecular weight is 260 g/mol. The summed E-state index contributed by atoms with van der Waals surface area (Å²) in [6.07, 6.45) is -4.39. The maximum absolute atomic E-state index is 11.8. The lowest BCUT2D eigenvalue weighted by Crippen LogP contribution is -2.41. The van der Waals surface area contributed by atoms with Crippen molar-refractivity contribution >= 4 is 6.03 Å². The third-order valence-corrected chi connectivity index (χ3v) is 2.39. The lowest BCUT2D eigenvalue weighted by atomic mass is 10.0. The summed E-state index contributed by atoms with van der Waals surface area (Å²) in [4.78, 5) is 11.1. The van der Waals surface area contributed by atoms with Crippen LogP contribution in [0.15, 0.2) is 30.3 Å². The summed E-state index contributed by atoms with van der Waals surface area (Å²) in [6.45, 7) is 0.853. The molecule has 0 aromatic heterocycles. The van der Waals surface area contributed by atoms with Crippen LogP contribution in [0.3, 0.4) is 0 Å². The van der Waals surface area contributed by atoms with E-state index in [9.17, 15) is 18.0 Å². The zero-order valence-corrected chi connectivity index (χ0v) is 9.92.